The van der Waals surface area contributed by atoms with E-state index in [-0.39, 0.29) is 5.57 Å². The number of nitriles is 1. The molecule has 104 valence electrons. The fraction of sp³-hybridized carbons (Fsp3) is 0. The zero-order valence-electron chi connectivity index (χ0n) is 10.9. The summed E-state index contributed by atoms with van der Waals surface area (Å²) in [6.45, 7) is 0. The summed E-state index contributed by atoms with van der Waals surface area (Å²) in [6, 6.07) is 16.6. The standard InChI is InChI=1S/C16H11IN2O2/c17-14-9-11(8-12(10-18)16(19)20)6-7-15(14)21-13-4-2-1-3-5-13/h1-9H,(H2,19,20)/b12-8+. The average molecular weight is 390 g/mol. The number of hydrogen-bond donors (Lipinski definition) is 1. The van der Waals surface area contributed by atoms with Gasteiger partial charge < -0.3 is 10.5 Å². The number of amides is 1. The third-order valence-electron chi connectivity index (χ3n) is 2.62. The smallest absolute Gasteiger partial charge is 0.259 e. The molecule has 2 aromatic carbocycles. The highest BCUT2D eigenvalue weighted by Gasteiger charge is 2.06. The first-order valence-electron chi connectivity index (χ1n) is 6.04. The van der Waals surface area contributed by atoms with Gasteiger partial charge in [-0.05, 0) is 58.5 Å². The van der Waals surface area contributed by atoms with Crippen LogP contribution in [0.5, 0.6) is 11.5 Å². The SMILES string of the molecule is N#C/C(=C\c1ccc(Oc2ccccc2)c(I)c1)C(N)=O. The maximum absolute atomic E-state index is 11.0. The summed E-state index contributed by atoms with van der Waals surface area (Å²) >= 11 is 2.14. The van der Waals surface area contributed by atoms with Crippen molar-refractivity contribution >= 4 is 34.6 Å². The van der Waals surface area contributed by atoms with Crippen molar-refractivity contribution in [3.05, 3.63) is 63.2 Å². The number of para-hydroxylation sites is 1. The molecule has 0 saturated heterocycles. The lowest BCUT2D eigenvalue weighted by Crippen LogP contribution is -2.12. The number of carbonyl (C=O) groups excluding carboxylic acids is 1. The van der Waals surface area contributed by atoms with Crippen LogP contribution in [0.1, 0.15) is 5.56 Å². The Kier molecular flexibility index (Phi) is 4.95. The Balaban J connectivity index is 2.26. The fourth-order valence-corrected chi connectivity index (χ4v) is 2.28. The Morgan fingerprint density at radius 3 is 2.52 bits per heavy atom. The lowest BCUT2D eigenvalue weighted by atomic mass is 10.1. The molecule has 0 unspecified atom stereocenters. The van der Waals surface area contributed by atoms with Gasteiger partial charge in [0.2, 0.25) is 0 Å². The zero-order valence-corrected chi connectivity index (χ0v) is 13.1. The summed E-state index contributed by atoms with van der Waals surface area (Å²) in [5, 5.41) is 8.83. The molecule has 2 rings (SSSR count). The maximum atomic E-state index is 11.0. The van der Waals surface area contributed by atoms with Crippen LogP contribution < -0.4 is 10.5 Å². The molecule has 0 aromatic heterocycles. The first-order chi connectivity index (χ1) is 10.1. The van der Waals surface area contributed by atoms with E-state index >= 15 is 0 Å². The van der Waals surface area contributed by atoms with E-state index in [1.807, 2.05) is 36.4 Å². The highest BCUT2D eigenvalue weighted by atomic mass is 127. The summed E-state index contributed by atoms with van der Waals surface area (Å²) in [4.78, 5) is 11.0. The molecule has 2 aromatic rings. The van der Waals surface area contributed by atoms with E-state index in [1.165, 1.54) is 6.08 Å². The molecule has 4 nitrogen and oxygen atoms in total. The summed E-state index contributed by atoms with van der Waals surface area (Å²) in [7, 11) is 0. The summed E-state index contributed by atoms with van der Waals surface area (Å²) in [5.74, 6) is 0.710. The van der Waals surface area contributed by atoms with Crippen LogP contribution in [0.4, 0.5) is 0 Å². The average Bonchev–Trinajstić information content (AvgIpc) is 2.48. The molecule has 2 N–H and O–H groups in total. The number of rotatable bonds is 4. The molecule has 0 radical (unpaired) electrons. The highest BCUT2D eigenvalue weighted by Crippen LogP contribution is 2.28. The van der Waals surface area contributed by atoms with Crippen molar-refractivity contribution < 1.29 is 9.53 Å². The maximum Gasteiger partial charge on any atom is 0.259 e. The van der Waals surface area contributed by atoms with Crippen LogP contribution >= 0.6 is 22.6 Å². The number of halogens is 1. The van der Waals surface area contributed by atoms with Gasteiger partial charge in [-0.25, -0.2) is 0 Å². The van der Waals surface area contributed by atoms with Gasteiger partial charge in [-0.3, -0.25) is 4.79 Å². The summed E-state index contributed by atoms with van der Waals surface area (Å²) in [6.07, 6.45) is 1.46. The van der Waals surface area contributed by atoms with Gasteiger partial charge in [0.15, 0.2) is 0 Å². The van der Waals surface area contributed by atoms with Gasteiger partial charge in [-0.1, -0.05) is 24.3 Å². The molecule has 21 heavy (non-hydrogen) atoms. The van der Waals surface area contributed by atoms with Crippen LogP contribution in [0.3, 0.4) is 0 Å². The Labute approximate surface area is 136 Å². The van der Waals surface area contributed by atoms with Gasteiger partial charge >= 0.3 is 0 Å². The molecular formula is C16H11IN2O2. The Hall–Kier alpha value is -2.33. The number of primary amides is 1. The van der Waals surface area contributed by atoms with E-state index in [1.54, 1.807) is 18.2 Å². The minimum absolute atomic E-state index is 0.0810. The summed E-state index contributed by atoms with van der Waals surface area (Å²) < 4.78 is 6.63. The largest absolute Gasteiger partial charge is 0.456 e. The minimum atomic E-state index is -0.739. The van der Waals surface area contributed by atoms with E-state index in [2.05, 4.69) is 22.6 Å². The van der Waals surface area contributed by atoms with Gasteiger partial charge in [-0.2, -0.15) is 5.26 Å². The first-order valence-corrected chi connectivity index (χ1v) is 7.12. The Bertz CT molecular complexity index is 734. The third kappa shape index (κ3) is 4.07. The minimum Gasteiger partial charge on any atom is -0.456 e. The van der Waals surface area contributed by atoms with Crippen LogP contribution in [0, 0.1) is 14.9 Å². The molecule has 0 saturated carbocycles. The number of hydrogen-bond acceptors (Lipinski definition) is 3. The zero-order chi connectivity index (χ0) is 15.2. The number of nitrogens with two attached hydrogens (primary N) is 1. The second kappa shape index (κ2) is 6.90. The molecule has 0 spiro atoms. The monoisotopic (exact) mass is 390 g/mol. The molecule has 0 fully saturated rings. The molecule has 1 amide bonds. The van der Waals surface area contributed by atoms with Crippen molar-refractivity contribution in [2.45, 2.75) is 0 Å². The lowest BCUT2D eigenvalue weighted by molar-refractivity contribution is -0.114. The lowest BCUT2D eigenvalue weighted by Gasteiger charge is -2.08. The quantitative estimate of drug-likeness (QED) is 0.494. The normalized spacial score (nSPS) is 10.8. The Morgan fingerprint density at radius 2 is 1.95 bits per heavy atom. The van der Waals surface area contributed by atoms with Gasteiger partial charge in [0.1, 0.15) is 23.1 Å². The van der Waals surface area contributed by atoms with Crippen molar-refractivity contribution in [2.75, 3.05) is 0 Å². The first kappa shape index (κ1) is 15.1. The molecule has 0 heterocycles. The number of ether oxygens (including phenoxy) is 1. The molecule has 0 aliphatic heterocycles. The number of nitrogens with zero attached hydrogens (tertiary/aromatic N) is 1. The van der Waals surface area contributed by atoms with Crippen molar-refractivity contribution in [1.82, 2.24) is 0 Å². The fourth-order valence-electron chi connectivity index (χ4n) is 1.63. The van der Waals surface area contributed by atoms with Crippen molar-refractivity contribution in [3.63, 3.8) is 0 Å². The van der Waals surface area contributed by atoms with E-state index in [9.17, 15) is 4.79 Å². The van der Waals surface area contributed by atoms with Crippen molar-refractivity contribution in [3.8, 4) is 17.6 Å². The molecule has 5 heteroatoms. The van der Waals surface area contributed by atoms with Crippen LogP contribution in [0.2, 0.25) is 0 Å². The van der Waals surface area contributed by atoms with E-state index in [4.69, 9.17) is 15.7 Å². The topological polar surface area (TPSA) is 76.1 Å². The molecule has 0 aliphatic rings. The van der Waals surface area contributed by atoms with E-state index < -0.39 is 5.91 Å². The molecule has 0 atom stereocenters. The second-order valence-corrected chi connectivity index (χ2v) is 5.30. The van der Waals surface area contributed by atoms with Gasteiger partial charge in [0, 0.05) is 0 Å². The number of carbonyl (C=O) groups is 1. The van der Waals surface area contributed by atoms with Crippen LogP contribution in [0.15, 0.2) is 54.1 Å². The predicted molar refractivity (Wildman–Crippen MR) is 88.5 cm³/mol. The highest BCUT2D eigenvalue weighted by molar-refractivity contribution is 14.1. The molecule has 0 aliphatic carbocycles. The second-order valence-electron chi connectivity index (χ2n) is 4.14. The molecular weight excluding hydrogens is 379 g/mol. The van der Waals surface area contributed by atoms with Crippen LogP contribution in [0.25, 0.3) is 6.08 Å². The molecule has 0 bridgehead atoms. The van der Waals surface area contributed by atoms with E-state index in [0.717, 1.165) is 14.9 Å². The van der Waals surface area contributed by atoms with Crippen LogP contribution in [-0.4, -0.2) is 5.91 Å². The van der Waals surface area contributed by atoms with Crippen LogP contribution in [-0.2, 0) is 4.79 Å². The predicted octanol–water partition coefficient (Wildman–Crippen LogP) is 3.48. The van der Waals surface area contributed by atoms with Crippen molar-refractivity contribution in [1.29, 1.82) is 5.26 Å². The van der Waals surface area contributed by atoms with Gasteiger partial charge in [0.05, 0.1) is 3.57 Å². The third-order valence-corrected chi connectivity index (χ3v) is 3.47. The number of benzene rings is 2. The van der Waals surface area contributed by atoms with E-state index in [0.29, 0.717) is 5.75 Å². The van der Waals surface area contributed by atoms with Gasteiger partial charge in [0.25, 0.3) is 5.91 Å². The summed E-state index contributed by atoms with van der Waals surface area (Å²) in [5.41, 5.74) is 5.75. The Morgan fingerprint density at radius 1 is 1.24 bits per heavy atom. The van der Waals surface area contributed by atoms with Gasteiger partial charge in [-0.15, -0.1) is 0 Å². The van der Waals surface area contributed by atoms with Crippen molar-refractivity contribution in [2.24, 2.45) is 5.73 Å².